The molecule has 0 spiro atoms. The Morgan fingerprint density at radius 3 is 1.56 bits per heavy atom. The Bertz CT molecular complexity index is 2520. The highest BCUT2D eigenvalue weighted by Gasteiger charge is 2.42. The number of carbonyl (C=O) groups excluding carboxylic acids is 6. The van der Waals surface area contributed by atoms with Crippen molar-refractivity contribution in [3.63, 3.8) is 0 Å². The molecule has 0 unspecified atom stereocenters. The Balaban J connectivity index is 1.04. The summed E-state index contributed by atoms with van der Waals surface area (Å²) in [6, 6.07) is 36.3. The number of benzene rings is 6. The van der Waals surface area contributed by atoms with Gasteiger partial charge in [-0.2, -0.15) is 0 Å². The van der Waals surface area contributed by atoms with Crippen LogP contribution in [0.25, 0.3) is 21.5 Å². The highest BCUT2D eigenvalue weighted by Crippen LogP contribution is 2.43. The van der Waals surface area contributed by atoms with Gasteiger partial charge in [0.2, 0.25) is 11.8 Å². The molecule has 6 aromatic carbocycles. The fourth-order valence-corrected chi connectivity index (χ4v) is 8.36. The third kappa shape index (κ3) is 5.02. The van der Waals surface area contributed by atoms with Crippen molar-refractivity contribution in [1.29, 1.82) is 0 Å². The van der Waals surface area contributed by atoms with E-state index >= 15 is 0 Å². The van der Waals surface area contributed by atoms with Crippen LogP contribution in [0.2, 0.25) is 0 Å². The summed E-state index contributed by atoms with van der Waals surface area (Å²) in [4.78, 5) is 89.2. The Hall–Kier alpha value is -6.94. The molecule has 3 heterocycles. The third-order valence-corrected chi connectivity index (χ3v) is 10.7. The van der Waals surface area contributed by atoms with Gasteiger partial charge in [0.05, 0.1) is 6.04 Å². The SMILES string of the molecule is C[C@H]1C[C@@H](N(C(=O)CN2C(=O)c3cccc4cccc(c34)C2=O)c2ccccc2)c2ccccc2N1C(=O)CN1C(=O)c2cccc3cccc(c23)C1=O. The lowest BCUT2D eigenvalue weighted by Gasteiger charge is -2.44. The molecule has 0 aliphatic carbocycles. The monoisotopic (exact) mass is 712 g/mol. The standard InChI is InChI=1S/C44H32N4O6/c1-26-23-36(48(29-15-3-2-4-16-29)38(50)25-46-43(53)33-20-9-13-28-14-10-21-34(40(28)33)44(46)54)30-17-5-6-22-35(30)47(26)37(49)24-45-41(51)31-18-7-11-27-12-8-19-32(39(27)31)42(45)52/h2-22,26,36H,23-25H2,1H3/t26-,36+/m0/s1. The van der Waals surface area contributed by atoms with Crippen molar-refractivity contribution in [3.8, 4) is 0 Å². The predicted molar refractivity (Wildman–Crippen MR) is 203 cm³/mol. The number of amides is 6. The van der Waals surface area contributed by atoms with Crippen LogP contribution in [0.1, 0.15) is 66.4 Å². The van der Waals surface area contributed by atoms with Crippen LogP contribution in [0.3, 0.4) is 0 Å². The van der Waals surface area contributed by atoms with Gasteiger partial charge < -0.3 is 9.80 Å². The first kappa shape index (κ1) is 32.9. The second-order valence-corrected chi connectivity index (χ2v) is 13.8. The molecule has 0 N–H and O–H groups in total. The Morgan fingerprint density at radius 2 is 1.04 bits per heavy atom. The van der Waals surface area contributed by atoms with Gasteiger partial charge in [-0.1, -0.05) is 84.9 Å². The highest BCUT2D eigenvalue weighted by atomic mass is 16.2. The van der Waals surface area contributed by atoms with Gasteiger partial charge in [0.25, 0.3) is 23.6 Å². The molecule has 10 heteroatoms. The maximum atomic E-state index is 14.6. The van der Waals surface area contributed by atoms with Gasteiger partial charge in [-0.05, 0) is 72.1 Å². The summed E-state index contributed by atoms with van der Waals surface area (Å²) in [5, 5.41) is 2.70. The van der Waals surface area contributed by atoms with E-state index in [1.165, 1.54) is 0 Å². The first-order chi connectivity index (χ1) is 26.2. The number of fused-ring (bicyclic) bond motifs is 1. The van der Waals surface area contributed by atoms with E-state index in [0.717, 1.165) is 20.6 Å². The number of para-hydroxylation sites is 2. The second-order valence-electron chi connectivity index (χ2n) is 13.8. The minimum absolute atomic E-state index is 0.289. The molecule has 10 nitrogen and oxygen atoms in total. The third-order valence-electron chi connectivity index (χ3n) is 10.7. The number of nitrogens with zero attached hydrogens (tertiary/aromatic N) is 4. The van der Waals surface area contributed by atoms with Crippen molar-refractivity contribution in [2.75, 3.05) is 22.9 Å². The van der Waals surface area contributed by atoms with Crippen molar-refractivity contribution < 1.29 is 28.8 Å². The van der Waals surface area contributed by atoms with Crippen LogP contribution >= 0.6 is 0 Å². The summed E-state index contributed by atoms with van der Waals surface area (Å²) in [7, 11) is 0. The van der Waals surface area contributed by atoms with Crippen LogP contribution in [0.5, 0.6) is 0 Å². The van der Waals surface area contributed by atoms with E-state index in [1.54, 1.807) is 82.6 Å². The molecule has 3 aliphatic rings. The molecule has 0 fully saturated rings. The minimum atomic E-state index is -0.594. The molecule has 6 amide bonds. The van der Waals surface area contributed by atoms with Crippen LogP contribution in [0, 0.1) is 0 Å². The average Bonchev–Trinajstić information content (AvgIpc) is 3.19. The Kier molecular flexibility index (Phi) is 7.70. The molecule has 9 rings (SSSR count). The van der Waals surface area contributed by atoms with Crippen LogP contribution in [-0.4, -0.2) is 64.4 Å². The quantitative estimate of drug-likeness (QED) is 0.176. The number of rotatable bonds is 6. The van der Waals surface area contributed by atoms with E-state index in [9.17, 15) is 28.8 Å². The zero-order valence-corrected chi connectivity index (χ0v) is 29.1. The summed E-state index contributed by atoms with van der Waals surface area (Å²) >= 11 is 0. The number of hydrogen-bond donors (Lipinski definition) is 0. The minimum Gasteiger partial charge on any atom is -0.308 e. The largest absolute Gasteiger partial charge is 0.308 e. The molecule has 0 bridgehead atoms. The van der Waals surface area contributed by atoms with Crippen LogP contribution in [0.15, 0.2) is 127 Å². The summed E-state index contributed by atoms with van der Waals surface area (Å²) in [6.07, 6.45) is 0.289. The highest BCUT2D eigenvalue weighted by molar-refractivity contribution is 6.27. The molecule has 0 saturated heterocycles. The van der Waals surface area contributed by atoms with Gasteiger partial charge >= 0.3 is 0 Å². The number of hydrogen-bond acceptors (Lipinski definition) is 6. The normalized spacial score (nSPS) is 17.6. The van der Waals surface area contributed by atoms with Gasteiger partial charge in [0.15, 0.2) is 0 Å². The zero-order chi connectivity index (χ0) is 37.2. The van der Waals surface area contributed by atoms with Crippen molar-refractivity contribution >= 4 is 68.4 Å². The molecule has 3 aliphatic heterocycles. The first-order valence-electron chi connectivity index (χ1n) is 17.8. The summed E-state index contributed by atoms with van der Waals surface area (Å²) in [5.41, 5.74) is 3.21. The smallest absolute Gasteiger partial charge is 0.261 e. The van der Waals surface area contributed by atoms with Gasteiger partial charge in [0, 0.05) is 50.4 Å². The molecule has 0 saturated carbocycles. The number of imide groups is 2. The number of anilines is 2. The lowest BCUT2D eigenvalue weighted by Crippen LogP contribution is -2.53. The van der Waals surface area contributed by atoms with Crippen LogP contribution in [0.4, 0.5) is 11.4 Å². The van der Waals surface area contributed by atoms with E-state index in [4.69, 9.17) is 0 Å². The van der Waals surface area contributed by atoms with E-state index in [1.807, 2.05) is 61.5 Å². The summed E-state index contributed by atoms with van der Waals surface area (Å²) in [5.74, 6) is -3.07. The number of carbonyl (C=O) groups is 6. The fraction of sp³-hybridized carbons (Fsp3) is 0.136. The maximum Gasteiger partial charge on any atom is 0.261 e. The summed E-state index contributed by atoms with van der Waals surface area (Å²) < 4.78 is 0. The Labute approximate surface area is 309 Å². The average molecular weight is 713 g/mol. The van der Waals surface area contributed by atoms with Crippen LogP contribution < -0.4 is 9.80 Å². The van der Waals surface area contributed by atoms with Gasteiger partial charge in [-0.25, -0.2) is 0 Å². The lowest BCUT2D eigenvalue weighted by atomic mass is 9.89. The topological polar surface area (TPSA) is 115 Å². The molecule has 0 radical (unpaired) electrons. The van der Waals surface area contributed by atoms with Gasteiger partial charge in [-0.3, -0.25) is 38.6 Å². The van der Waals surface area contributed by atoms with Crippen molar-refractivity contribution in [1.82, 2.24) is 9.80 Å². The molecular weight excluding hydrogens is 681 g/mol. The first-order valence-corrected chi connectivity index (χ1v) is 17.8. The van der Waals surface area contributed by atoms with E-state index in [2.05, 4.69) is 0 Å². The molecular formula is C44H32N4O6. The molecule has 0 aromatic heterocycles. The maximum absolute atomic E-state index is 14.6. The second kappa shape index (κ2) is 12.6. The van der Waals surface area contributed by atoms with Crippen molar-refractivity contribution in [3.05, 3.63) is 155 Å². The Morgan fingerprint density at radius 1 is 0.574 bits per heavy atom. The lowest BCUT2D eigenvalue weighted by molar-refractivity contribution is -0.119. The van der Waals surface area contributed by atoms with E-state index in [-0.39, 0.29) is 6.42 Å². The zero-order valence-electron chi connectivity index (χ0n) is 29.1. The molecule has 54 heavy (non-hydrogen) atoms. The molecule has 6 aromatic rings. The van der Waals surface area contributed by atoms with E-state index < -0.39 is 60.6 Å². The van der Waals surface area contributed by atoms with Crippen molar-refractivity contribution in [2.45, 2.75) is 25.4 Å². The summed E-state index contributed by atoms with van der Waals surface area (Å²) in [6.45, 7) is 0.889. The molecule has 264 valence electrons. The van der Waals surface area contributed by atoms with Gasteiger partial charge in [0.1, 0.15) is 13.1 Å². The van der Waals surface area contributed by atoms with Crippen molar-refractivity contribution in [2.24, 2.45) is 0 Å². The molecule has 2 atom stereocenters. The van der Waals surface area contributed by atoms with Gasteiger partial charge in [-0.15, -0.1) is 0 Å². The fourth-order valence-electron chi connectivity index (χ4n) is 8.36. The van der Waals surface area contributed by atoms with Crippen LogP contribution in [-0.2, 0) is 9.59 Å². The predicted octanol–water partition coefficient (Wildman–Crippen LogP) is 6.78. The van der Waals surface area contributed by atoms with E-state index in [0.29, 0.717) is 50.0 Å².